The third-order valence-corrected chi connectivity index (χ3v) is 6.15. The van der Waals surface area contributed by atoms with Gasteiger partial charge in [0.05, 0.1) is 17.5 Å². The molecule has 0 fully saturated rings. The number of hydrogen-bond acceptors (Lipinski definition) is 5. The van der Waals surface area contributed by atoms with Gasteiger partial charge in [0.2, 0.25) is 5.91 Å². The molecule has 1 heterocycles. The minimum Gasteiger partial charge on any atom is -0.444 e. The van der Waals surface area contributed by atoms with Crippen LogP contribution in [0.2, 0.25) is 0 Å². The van der Waals surface area contributed by atoms with Gasteiger partial charge in [-0.2, -0.15) is 0 Å². The molecule has 4 rings (SSSR count). The highest BCUT2D eigenvalue weighted by atomic mass is 16.6. The lowest BCUT2D eigenvalue weighted by Crippen LogP contribution is -2.54. The summed E-state index contributed by atoms with van der Waals surface area (Å²) < 4.78 is 5.57. The predicted molar refractivity (Wildman–Crippen MR) is 123 cm³/mol. The van der Waals surface area contributed by atoms with E-state index in [-0.39, 0.29) is 30.6 Å². The number of amides is 2. The van der Waals surface area contributed by atoms with Crippen molar-refractivity contribution in [2.75, 3.05) is 0 Å². The van der Waals surface area contributed by atoms with Gasteiger partial charge in [-0.1, -0.05) is 30.3 Å². The Morgan fingerprint density at radius 3 is 2.61 bits per heavy atom. The molecule has 0 aromatic heterocycles. The summed E-state index contributed by atoms with van der Waals surface area (Å²) in [5.41, 5.74) is 3.06. The van der Waals surface area contributed by atoms with Gasteiger partial charge in [-0.3, -0.25) is 19.8 Å². The summed E-state index contributed by atoms with van der Waals surface area (Å²) in [4.78, 5) is 38.7. The van der Waals surface area contributed by atoms with Gasteiger partial charge in [0.15, 0.2) is 0 Å². The standard InChI is InChI=1S/C25H29N3O5/c1-25(2,3)33-24(30)27-15-18-13-19(28(31)32)12-11-17(18)14-22(27)23(29)26-21-10-6-8-16-7-4-5-9-20(16)21/h4-5,7,9,11-13,21-22H,6,8,10,14-15H2,1-3H3,(H,26,29)/t21?,22-/m0/s1. The van der Waals surface area contributed by atoms with Crippen LogP contribution in [0.3, 0.4) is 0 Å². The molecule has 2 atom stereocenters. The third kappa shape index (κ3) is 4.99. The summed E-state index contributed by atoms with van der Waals surface area (Å²) >= 11 is 0. The van der Waals surface area contributed by atoms with Crippen LogP contribution in [0.25, 0.3) is 0 Å². The normalized spacial score (nSPS) is 19.8. The van der Waals surface area contributed by atoms with Gasteiger partial charge in [-0.15, -0.1) is 0 Å². The van der Waals surface area contributed by atoms with Crippen molar-refractivity contribution in [1.82, 2.24) is 10.2 Å². The second-order valence-electron chi connectivity index (χ2n) is 9.69. The van der Waals surface area contributed by atoms with E-state index in [0.29, 0.717) is 5.56 Å². The topological polar surface area (TPSA) is 102 Å². The maximum absolute atomic E-state index is 13.5. The number of nitro benzene ring substituents is 1. The zero-order valence-electron chi connectivity index (χ0n) is 19.2. The van der Waals surface area contributed by atoms with Crippen LogP contribution in [0, 0.1) is 10.1 Å². The molecule has 0 saturated carbocycles. The van der Waals surface area contributed by atoms with Gasteiger partial charge in [-0.05, 0) is 62.3 Å². The van der Waals surface area contributed by atoms with Crippen LogP contribution >= 0.6 is 0 Å². The van der Waals surface area contributed by atoms with Crippen molar-refractivity contribution in [2.45, 2.75) is 70.7 Å². The average molecular weight is 452 g/mol. The van der Waals surface area contributed by atoms with Crippen LogP contribution in [0.15, 0.2) is 42.5 Å². The Balaban J connectivity index is 1.62. The van der Waals surface area contributed by atoms with Crippen molar-refractivity contribution in [2.24, 2.45) is 0 Å². The fourth-order valence-electron chi connectivity index (χ4n) is 4.60. The second kappa shape index (κ2) is 8.84. The van der Waals surface area contributed by atoms with Crippen LogP contribution in [0.5, 0.6) is 0 Å². The first kappa shape index (κ1) is 22.8. The van der Waals surface area contributed by atoms with Crippen LogP contribution in [0.1, 0.15) is 61.9 Å². The molecule has 0 radical (unpaired) electrons. The van der Waals surface area contributed by atoms with Crippen molar-refractivity contribution >= 4 is 17.7 Å². The second-order valence-corrected chi connectivity index (χ2v) is 9.69. The van der Waals surface area contributed by atoms with Crippen molar-refractivity contribution in [3.63, 3.8) is 0 Å². The van der Waals surface area contributed by atoms with Crippen LogP contribution in [-0.4, -0.2) is 33.5 Å². The molecule has 2 amide bonds. The number of carbonyl (C=O) groups is 2. The number of nitro groups is 1. The molecule has 0 spiro atoms. The summed E-state index contributed by atoms with van der Waals surface area (Å²) in [5.74, 6) is -0.244. The molecule has 174 valence electrons. The number of non-ortho nitro benzene ring substituents is 1. The molecule has 1 aliphatic carbocycles. The van der Waals surface area contributed by atoms with Crippen LogP contribution in [-0.2, 0) is 28.9 Å². The van der Waals surface area contributed by atoms with E-state index in [1.165, 1.54) is 22.6 Å². The Kier molecular flexibility index (Phi) is 6.10. The fraction of sp³-hybridized carbons (Fsp3) is 0.440. The summed E-state index contributed by atoms with van der Waals surface area (Å²) in [7, 11) is 0. The van der Waals surface area contributed by atoms with E-state index in [0.717, 1.165) is 30.4 Å². The zero-order valence-corrected chi connectivity index (χ0v) is 19.2. The van der Waals surface area contributed by atoms with E-state index in [1.54, 1.807) is 26.8 Å². The molecular weight excluding hydrogens is 422 g/mol. The van der Waals surface area contributed by atoms with Crippen molar-refractivity contribution < 1.29 is 19.2 Å². The number of ether oxygens (including phenoxy) is 1. The number of nitrogens with one attached hydrogen (secondary N) is 1. The van der Waals surface area contributed by atoms with Gasteiger partial charge in [0, 0.05) is 18.6 Å². The number of rotatable bonds is 3. The van der Waals surface area contributed by atoms with E-state index in [2.05, 4.69) is 11.4 Å². The molecule has 0 bridgehead atoms. The summed E-state index contributed by atoms with van der Waals surface area (Å²) in [6.45, 7) is 5.37. The molecular formula is C25H29N3O5. The number of hydrogen-bond donors (Lipinski definition) is 1. The lowest BCUT2D eigenvalue weighted by molar-refractivity contribution is -0.385. The minimum atomic E-state index is -0.761. The highest BCUT2D eigenvalue weighted by Gasteiger charge is 2.38. The first-order chi connectivity index (χ1) is 15.6. The molecule has 2 aromatic rings. The van der Waals surface area contributed by atoms with Gasteiger partial charge >= 0.3 is 6.09 Å². The number of benzene rings is 2. The number of carbonyl (C=O) groups excluding carboxylic acids is 2. The molecule has 1 N–H and O–H groups in total. The lowest BCUT2D eigenvalue weighted by Gasteiger charge is -2.38. The van der Waals surface area contributed by atoms with E-state index in [9.17, 15) is 19.7 Å². The Bertz CT molecular complexity index is 1090. The third-order valence-electron chi connectivity index (χ3n) is 6.15. The van der Waals surface area contributed by atoms with Crippen LogP contribution < -0.4 is 5.32 Å². The quantitative estimate of drug-likeness (QED) is 0.549. The Morgan fingerprint density at radius 1 is 1.12 bits per heavy atom. The SMILES string of the molecule is CC(C)(C)OC(=O)N1Cc2cc([N+](=O)[O-])ccc2C[C@H]1C(=O)NC1CCCc2ccccc21. The molecule has 1 aliphatic heterocycles. The van der Waals surface area contributed by atoms with Crippen molar-refractivity contribution in [3.05, 3.63) is 74.8 Å². The maximum atomic E-state index is 13.5. The van der Waals surface area contributed by atoms with Gasteiger partial charge < -0.3 is 10.1 Å². The smallest absolute Gasteiger partial charge is 0.411 e. The summed E-state index contributed by atoms with van der Waals surface area (Å²) in [6, 6.07) is 11.8. The monoisotopic (exact) mass is 451 g/mol. The molecule has 0 saturated heterocycles. The first-order valence-electron chi connectivity index (χ1n) is 11.3. The van der Waals surface area contributed by atoms with Gasteiger partial charge in [-0.25, -0.2) is 4.79 Å². The van der Waals surface area contributed by atoms with Gasteiger partial charge in [0.1, 0.15) is 11.6 Å². The molecule has 2 aliphatic rings. The molecule has 8 nitrogen and oxygen atoms in total. The van der Waals surface area contributed by atoms with Crippen LogP contribution in [0.4, 0.5) is 10.5 Å². The largest absolute Gasteiger partial charge is 0.444 e. The maximum Gasteiger partial charge on any atom is 0.411 e. The molecule has 2 aromatic carbocycles. The molecule has 33 heavy (non-hydrogen) atoms. The van der Waals surface area contributed by atoms with E-state index in [1.807, 2.05) is 18.2 Å². The predicted octanol–water partition coefficient (Wildman–Crippen LogP) is 4.45. The first-order valence-corrected chi connectivity index (χ1v) is 11.3. The minimum absolute atomic E-state index is 0.0420. The lowest BCUT2D eigenvalue weighted by atomic mass is 9.87. The number of fused-ring (bicyclic) bond motifs is 2. The number of nitrogens with zero attached hydrogens (tertiary/aromatic N) is 2. The summed E-state index contributed by atoms with van der Waals surface area (Å²) in [6.07, 6.45) is 2.47. The average Bonchev–Trinajstić information content (AvgIpc) is 2.76. The summed E-state index contributed by atoms with van der Waals surface area (Å²) in [5, 5.41) is 14.4. The molecule has 1 unspecified atom stereocenters. The molecule has 8 heteroatoms. The highest BCUT2D eigenvalue weighted by Crippen LogP contribution is 2.32. The van der Waals surface area contributed by atoms with Crippen molar-refractivity contribution in [3.8, 4) is 0 Å². The Hall–Kier alpha value is -3.42. The van der Waals surface area contributed by atoms with Crippen molar-refractivity contribution in [1.29, 1.82) is 0 Å². The zero-order chi connectivity index (χ0) is 23.8. The van der Waals surface area contributed by atoms with E-state index >= 15 is 0 Å². The Labute approximate surface area is 193 Å². The van der Waals surface area contributed by atoms with E-state index in [4.69, 9.17) is 4.74 Å². The number of aryl methyl sites for hydroxylation is 1. The highest BCUT2D eigenvalue weighted by molar-refractivity contribution is 5.87. The Morgan fingerprint density at radius 2 is 1.88 bits per heavy atom. The van der Waals surface area contributed by atoms with Gasteiger partial charge in [0.25, 0.3) is 5.69 Å². The van der Waals surface area contributed by atoms with E-state index < -0.39 is 22.7 Å². The fourth-order valence-corrected chi connectivity index (χ4v) is 4.60.